The molecule has 0 unspecified atom stereocenters. The van der Waals surface area contributed by atoms with Crippen molar-refractivity contribution in [1.82, 2.24) is 0 Å². The smallest absolute Gasteiger partial charge is 0.304 e. The molecule has 194 valence electrons. The van der Waals surface area contributed by atoms with Crippen molar-refractivity contribution in [2.24, 2.45) is 0 Å². The van der Waals surface area contributed by atoms with Crippen molar-refractivity contribution in [2.75, 3.05) is 26.4 Å². The molecule has 2 heterocycles. The van der Waals surface area contributed by atoms with Gasteiger partial charge in [0.1, 0.15) is 17.6 Å². The van der Waals surface area contributed by atoms with Gasteiger partial charge in [0.15, 0.2) is 11.6 Å². The summed E-state index contributed by atoms with van der Waals surface area (Å²) in [6.07, 6.45) is 1.40. The third kappa shape index (κ3) is 5.57. The maximum Gasteiger partial charge on any atom is 0.304 e. The van der Waals surface area contributed by atoms with Crippen LogP contribution in [0, 0.1) is 19.7 Å². The molecule has 0 bridgehead atoms. The maximum absolute atomic E-state index is 15.2. The minimum absolute atomic E-state index is 0.0532. The van der Waals surface area contributed by atoms with Gasteiger partial charge in [-0.05, 0) is 53.8 Å². The summed E-state index contributed by atoms with van der Waals surface area (Å²) in [7, 11) is 0. The number of hydrogen-bond donors (Lipinski definition) is 1. The number of halogens is 1. The molecule has 5 rings (SSSR count). The van der Waals surface area contributed by atoms with E-state index in [-0.39, 0.29) is 30.0 Å². The number of rotatable bonds is 9. The summed E-state index contributed by atoms with van der Waals surface area (Å²) in [5.41, 5.74) is 5.36. The van der Waals surface area contributed by atoms with Crippen LogP contribution in [-0.2, 0) is 16.0 Å². The molecule has 3 aromatic rings. The Morgan fingerprint density at radius 1 is 1.14 bits per heavy atom. The average molecular weight is 507 g/mol. The number of ether oxygens (including phenoxy) is 4. The van der Waals surface area contributed by atoms with Crippen molar-refractivity contribution in [3.05, 3.63) is 76.6 Å². The van der Waals surface area contributed by atoms with Gasteiger partial charge < -0.3 is 24.1 Å². The molecule has 2 atom stereocenters. The quantitative estimate of drug-likeness (QED) is 0.393. The number of carbonyl (C=O) groups is 1. The van der Waals surface area contributed by atoms with Crippen LogP contribution in [0.25, 0.3) is 11.1 Å². The third-order valence-electron chi connectivity index (χ3n) is 7.01. The zero-order valence-electron chi connectivity index (χ0n) is 21.1. The van der Waals surface area contributed by atoms with Gasteiger partial charge in [-0.2, -0.15) is 0 Å². The van der Waals surface area contributed by atoms with E-state index in [2.05, 4.69) is 6.07 Å². The molecule has 1 saturated heterocycles. The minimum Gasteiger partial charge on any atom is -0.493 e. The fourth-order valence-electron chi connectivity index (χ4n) is 5.13. The van der Waals surface area contributed by atoms with Crippen LogP contribution in [0.2, 0.25) is 0 Å². The highest BCUT2D eigenvalue weighted by atomic mass is 19.1. The molecule has 7 heteroatoms. The van der Waals surface area contributed by atoms with Crippen molar-refractivity contribution in [1.29, 1.82) is 0 Å². The number of carboxylic acid groups (broad SMARTS) is 1. The molecule has 1 fully saturated rings. The third-order valence-corrected chi connectivity index (χ3v) is 7.01. The number of aliphatic carboxylic acids is 1. The lowest BCUT2D eigenvalue weighted by atomic mass is 9.93. The van der Waals surface area contributed by atoms with Gasteiger partial charge in [-0.25, -0.2) is 4.39 Å². The van der Waals surface area contributed by atoms with Gasteiger partial charge in [0, 0.05) is 30.4 Å². The van der Waals surface area contributed by atoms with Gasteiger partial charge in [-0.15, -0.1) is 0 Å². The van der Waals surface area contributed by atoms with Gasteiger partial charge in [-0.3, -0.25) is 4.79 Å². The Morgan fingerprint density at radius 3 is 2.78 bits per heavy atom. The first-order chi connectivity index (χ1) is 17.9. The van der Waals surface area contributed by atoms with Crippen molar-refractivity contribution in [3.63, 3.8) is 0 Å². The first-order valence-electron chi connectivity index (χ1n) is 12.6. The summed E-state index contributed by atoms with van der Waals surface area (Å²) in [4.78, 5) is 11.0. The predicted molar refractivity (Wildman–Crippen MR) is 137 cm³/mol. The van der Waals surface area contributed by atoms with Crippen LogP contribution in [0.3, 0.4) is 0 Å². The minimum atomic E-state index is -0.833. The lowest BCUT2D eigenvalue weighted by Crippen LogP contribution is -2.17. The molecule has 0 saturated carbocycles. The van der Waals surface area contributed by atoms with Gasteiger partial charge in [0.05, 0.1) is 32.8 Å². The summed E-state index contributed by atoms with van der Waals surface area (Å²) < 4.78 is 38.1. The second kappa shape index (κ2) is 10.8. The topological polar surface area (TPSA) is 74.2 Å². The fraction of sp³-hybridized carbons (Fsp3) is 0.367. The van der Waals surface area contributed by atoms with Gasteiger partial charge >= 0.3 is 5.97 Å². The van der Waals surface area contributed by atoms with E-state index in [4.69, 9.17) is 24.1 Å². The number of carboxylic acids is 1. The first kappa shape index (κ1) is 25.1. The Kier molecular flexibility index (Phi) is 7.33. The Labute approximate surface area is 215 Å². The largest absolute Gasteiger partial charge is 0.493 e. The molecule has 0 amide bonds. The lowest BCUT2D eigenvalue weighted by Gasteiger charge is -2.18. The summed E-state index contributed by atoms with van der Waals surface area (Å²) in [5, 5.41) is 9.07. The SMILES string of the molecule is Cc1cc(O[C@H]2CCOC2)c(F)c(C)c1-c1cccc(CCOc2ccc3c(c2)OC[C@H]3CC(=O)O)c1. The highest BCUT2D eigenvalue weighted by molar-refractivity contribution is 5.73. The molecule has 0 aliphatic carbocycles. The van der Waals surface area contributed by atoms with Crippen molar-refractivity contribution >= 4 is 5.97 Å². The van der Waals surface area contributed by atoms with E-state index >= 15 is 4.39 Å². The molecule has 6 nitrogen and oxygen atoms in total. The highest BCUT2D eigenvalue weighted by Crippen LogP contribution is 2.38. The Bertz CT molecular complexity index is 1300. The molecule has 3 aromatic carbocycles. The second-order valence-electron chi connectivity index (χ2n) is 9.71. The van der Waals surface area contributed by atoms with Crippen LogP contribution < -0.4 is 14.2 Å². The molecule has 0 radical (unpaired) electrons. The molecule has 1 N–H and O–H groups in total. The number of fused-ring (bicyclic) bond motifs is 1. The molecule has 2 aliphatic rings. The van der Waals surface area contributed by atoms with Crippen molar-refractivity contribution < 1.29 is 33.2 Å². The normalized spacial score (nSPS) is 18.4. The van der Waals surface area contributed by atoms with Crippen LogP contribution in [-0.4, -0.2) is 43.6 Å². The zero-order valence-corrected chi connectivity index (χ0v) is 21.1. The van der Waals surface area contributed by atoms with Crippen LogP contribution in [0.15, 0.2) is 48.5 Å². The molecule has 0 spiro atoms. The highest BCUT2D eigenvalue weighted by Gasteiger charge is 2.27. The average Bonchev–Trinajstić information content (AvgIpc) is 3.52. The Hall–Kier alpha value is -3.58. The van der Waals surface area contributed by atoms with Crippen LogP contribution in [0.1, 0.15) is 41.0 Å². The predicted octanol–water partition coefficient (Wildman–Crippen LogP) is 5.85. The molecular formula is C30H31FO6. The Balaban J connectivity index is 1.25. The van der Waals surface area contributed by atoms with E-state index < -0.39 is 5.97 Å². The van der Waals surface area contributed by atoms with E-state index in [1.807, 2.05) is 43.3 Å². The van der Waals surface area contributed by atoms with Crippen LogP contribution in [0.5, 0.6) is 17.2 Å². The molecule has 37 heavy (non-hydrogen) atoms. The zero-order chi connectivity index (χ0) is 25.9. The lowest BCUT2D eigenvalue weighted by molar-refractivity contribution is -0.137. The van der Waals surface area contributed by atoms with Crippen molar-refractivity contribution in [2.45, 2.75) is 45.1 Å². The first-order valence-corrected chi connectivity index (χ1v) is 12.6. The van der Waals surface area contributed by atoms with E-state index in [1.54, 1.807) is 13.0 Å². The van der Waals surface area contributed by atoms with Crippen LogP contribution >= 0.6 is 0 Å². The number of hydrogen-bond acceptors (Lipinski definition) is 5. The van der Waals surface area contributed by atoms with E-state index in [0.717, 1.165) is 34.2 Å². The van der Waals surface area contributed by atoms with E-state index in [9.17, 15) is 4.79 Å². The van der Waals surface area contributed by atoms with Gasteiger partial charge in [0.2, 0.25) is 0 Å². The van der Waals surface area contributed by atoms with E-state index in [1.165, 1.54) is 0 Å². The summed E-state index contributed by atoms with van der Waals surface area (Å²) in [6.45, 7) is 5.75. The second-order valence-corrected chi connectivity index (χ2v) is 9.71. The number of benzene rings is 3. The maximum atomic E-state index is 15.2. The van der Waals surface area contributed by atoms with Gasteiger partial charge in [-0.1, -0.05) is 30.3 Å². The Morgan fingerprint density at radius 2 is 2.00 bits per heavy atom. The van der Waals surface area contributed by atoms with Crippen LogP contribution in [0.4, 0.5) is 4.39 Å². The monoisotopic (exact) mass is 506 g/mol. The standard InChI is InChI=1S/C30H31FO6/c1-18-12-27(37-24-9-10-34-17-24)30(31)19(2)29(18)21-5-3-4-20(13-21)8-11-35-23-6-7-25-22(14-28(32)33)16-36-26(25)15-23/h3-7,12-13,15,22,24H,8-11,14,16-17H2,1-2H3,(H,32,33)/t22-,24+/m1/s1. The summed E-state index contributed by atoms with van der Waals surface area (Å²) in [6, 6.07) is 15.4. The number of aryl methyl sites for hydroxylation is 1. The fourth-order valence-corrected chi connectivity index (χ4v) is 5.13. The van der Waals surface area contributed by atoms with Gasteiger partial charge in [0.25, 0.3) is 0 Å². The summed E-state index contributed by atoms with van der Waals surface area (Å²) >= 11 is 0. The van der Waals surface area contributed by atoms with Crippen molar-refractivity contribution in [3.8, 4) is 28.4 Å². The molecular weight excluding hydrogens is 475 g/mol. The summed E-state index contributed by atoms with van der Waals surface area (Å²) in [5.74, 6) is 0.366. The van der Waals surface area contributed by atoms with E-state index in [0.29, 0.717) is 49.9 Å². The molecule has 2 aliphatic heterocycles. The molecule has 0 aromatic heterocycles.